The summed E-state index contributed by atoms with van der Waals surface area (Å²) in [5, 5.41) is 3.03. The largest absolute Gasteiger partial charge is 0.351 e. The van der Waals surface area contributed by atoms with Crippen LogP contribution in [0.5, 0.6) is 0 Å². The van der Waals surface area contributed by atoms with Crippen LogP contribution < -0.4 is 5.32 Å². The first-order valence-electron chi connectivity index (χ1n) is 9.18. The topological polar surface area (TPSA) is 79.4 Å². The van der Waals surface area contributed by atoms with E-state index in [1.165, 1.54) is 4.31 Å². The van der Waals surface area contributed by atoms with Crippen LogP contribution in [0.3, 0.4) is 0 Å². The average Bonchev–Trinajstić information content (AvgIpc) is 2.73. The van der Waals surface area contributed by atoms with Gasteiger partial charge in [-0.15, -0.1) is 0 Å². The van der Waals surface area contributed by atoms with E-state index in [-0.39, 0.29) is 11.7 Å². The van der Waals surface area contributed by atoms with Crippen molar-refractivity contribution in [1.29, 1.82) is 0 Å². The maximum atomic E-state index is 13.2. The first kappa shape index (κ1) is 19.5. The second-order valence-corrected chi connectivity index (χ2v) is 9.05. The molecule has 0 bridgehead atoms. The van der Waals surface area contributed by atoms with E-state index in [1.54, 1.807) is 19.3 Å². The summed E-state index contributed by atoms with van der Waals surface area (Å²) in [5.41, 5.74) is 1.14. The highest BCUT2D eigenvalue weighted by molar-refractivity contribution is 7.89. The zero-order valence-corrected chi connectivity index (χ0v) is 16.3. The smallest absolute Gasteiger partial charge is 0.231 e. The van der Waals surface area contributed by atoms with Crippen molar-refractivity contribution in [2.45, 2.75) is 31.7 Å². The molecule has 0 unspecified atom stereocenters. The van der Waals surface area contributed by atoms with Crippen LogP contribution in [0.15, 0.2) is 54.9 Å². The van der Waals surface area contributed by atoms with Gasteiger partial charge in [-0.05, 0) is 37.0 Å². The SMILES string of the molecule is CCS(=O)(=O)N1CCC(C(=O)NCc2cccnc2)(c2ccccc2)CC1. The Bertz CT molecular complexity index is 862. The number of benzene rings is 1. The molecule has 1 amide bonds. The van der Waals surface area contributed by atoms with Gasteiger partial charge >= 0.3 is 0 Å². The third-order valence-electron chi connectivity index (χ3n) is 5.27. The Balaban J connectivity index is 1.81. The lowest BCUT2D eigenvalue weighted by atomic mass is 9.72. The number of aromatic nitrogens is 1. The lowest BCUT2D eigenvalue weighted by Gasteiger charge is -2.40. The number of carbonyl (C=O) groups is 1. The zero-order valence-electron chi connectivity index (χ0n) is 15.5. The lowest BCUT2D eigenvalue weighted by molar-refractivity contribution is -0.128. The summed E-state index contributed by atoms with van der Waals surface area (Å²) in [4.78, 5) is 17.3. The molecule has 0 radical (unpaired) electrons. The molecular formula is C20H25N3O3S. The summed E-state index contributed by atoms with van der Waals surface area (Å²) in [6, 6.07) is 13.4. The van der Waals surface area contributed by atoms with E-state index in [2.05, 4.69) is 10.3 Å². The Morgan fingerprint density at radius 2 is 1.85 bits per heavy atom. The van der Waals surface area contributed by atoms with Crippen LogP contribution >= 0.6 is 0 Å². The van der Waals surface area contributed by atoms with E-state index < -0.39 is 15.4 Å². The minimum Gasteiger partial charge on any atom is -0.351 e. The molecule has 1 aromatic heterocycles. The molecule has 1 aromatic carbocycles. The van der Waals surface area contributed by atoms with Crippen molar-refractivity contribution in [2.75, 3.05) is 18.8 Å². The van der Waals surface area contributed by atoms with Crippen LogP contribution in [0.4, 0.5) is 0 Å². The van der Waals surface area contributed by atoms with E-state index in [0.29, 0.717) is 32.5 Å². The normalized spacial score (nSPS) is 17.4. The first-order valence-corrected chi connectivity index (χ1v) is 10.8. The Morgan fingerprint density at radius 3 is 2.44 bits per heavy atom. The Labute approximate surface area is 160 Å². The van der Waals surface area contributed by atoms with Gasteiger partial charge in [-0.3, -0.25) is 9.78 Å². The molecule has 0 saturated carbocycles. The number of pyridine rings is 1. The van der Waals surface area contributed by atoms with Crippen LogP contribution in [0.2, 0.25) is 0 Å². The standard InChI is InChI=1S/C20H25N3O3S/c1-2-27(25,26)23-13-10-20(11-14-23,18-8-4-3-5-9-18)19(24)22-16-17-7-6-12-21-15-17/h3-9,12,15H,2,10-11,13-14,16H2,1H3,(H,22,24). The number of hydrogen-bond acceptors (Lipinski definition) is 4. The molecule has 1 N–H and O–H groups in total. The monoisotopic (exact) mass is 387 g/mol. The minimum atomic E-state index is -3.24. The van der Waals surface area contributed by atoms with Crippen molar-refractivity contribution in [3.8, 4) is 0 Å². The van der Waals surface area contributed by atoms with Crippen LogP contribution in [-0.2, 0) is 26.8 Å². The van der Waals surface area contributed by atoms with Crippen molar-refractivity contribution in [3.05, 3.63) is 66.0 Å². The number of hydrogen-bond donors (Lipinski definition) is 1. The van der Waals surface area contributed by atoms with Gasteiger partial charge in [-0.2, -0.15) is 0 Å². The van der Waals surface area contributed by atoms with Crippen molar-refractivity contribution in [3.63, 3.8) is 0 Å². The van der Waals surface area contributed by atoms with Gasteiger partial charge in [0.1, 0.15) is 0 Å². The molecule has 1 aliphatic rings. The number of nitrogens with zero attached hydrogens (tertiary/aromatic N) is 2. The predicted octanol–water partition coefficient (Wildman–Crippen LogP) is 2.08. The van der Waals surface area contributed by atoms with E-state index in [0.717, 1.165) is 11.1 Å². The summed E-state index contributed by atoms with van der Waals surface area (Å²) in [6.07, 6.45) is 4.36. The van der Waals surface area contributed by atoms with E-state index in [4.69, 9.17) is 0 Å². The Hall–Kier alpha value is -2.25. The van der Waals surface area contributed by atoms with E-state index >= 15 is 0 Å². The third kappa shape index (κ3) is 4.20. The number of piperidine rings is 1. The van der Waals surface area contributed by atoms with E-state index in [1.807, 2.05) is 42.5 Å². The van der Waals surface area contributed by atoms with Crippen LogP contribution in [-0.4, -0.2) is 42.5 Å². The molecule has 144 valence electrons. The van der Waals surface area contributed by atoms with E-state index in [9.17, 15) is 13.2 Å². The molecule has 1 fully saturated rings. The number of sulfonamides is 1. The average molecular weight is 388 g/mol. The second-order valence-electron chi connectivity index (χ2n) is 6.79. The predicted molar refractivity (Wildman–Crippen MR) is 104 cm³/mol. The van der Waals surface area contributed by atoms with Gasteiger partial charge in [0.25, 0.3) is 0 Å². The molecule has 3 rings (SSSR count). The van der Waals surface area contributed by atoms with Crippen molar-refractivity contribution >= 4 is 15.9 Å². The molecule has 0 aliphatic carbocycles. The van der Waals surface area contributed by atoms with Gasteiger partial charge in [0.05, 0.1) is 11.2 Å². The van der Waals surface area contributed by atoms with Crippen LogP contribution in [0.1, 0.15) is 30.9 Å². The molecule has 2 heterocycles. The van der Waals surface area contributed by atoms with Crippen molar-refractivity contribution in [2.24, 2.45) is 0 Å². The van der Waals surface area contributed by atoms with Gasteiger partial charge in [0.2, 0.25) is 15.9 Å². The molecular weight excluding hydrogens is 362 g/mol. The summed E-state index contributed by atoms with van der Waals surface area (Å²) in [7, 11) is -3.24. The van der Waals surface area contributed by atoms with Gasteiger partial charge in [0, 0.05) is 32.0 Å². The summed E-state index contributed by atoms with van der Waals surface area (Å²) in [5.74, 6) is 0.0181. The highest BCUT2D eigenvalue weighted by Gasteiger charge is 2.44. The van der Waals surface area contributed by atoms with Crippen molar-refractivity contribution in [1.82, 2.24) is 14.6 Å². The third-order valence-corrected chi connectivity index (χ3v) is 7.15. The highest BCUT2D eigenvalue weighted by Crippen LogP contribution is 2.36. The summed E-state index contributed by atoms with van der Waals surface area (Å²) < 4.78 is 25.9. The van der Waals surface area contributed by atoms with Gasteiger partial charge in [-0.1, -0.05) is 36.4 Å². The first-order chi connectivity index (χ1) is 13.0. The lowest BCUT2D eigenvalue weighted by Crippen LogP contribution is -2.52. The van der Waals surface area contributed by atoms with Gasteiger partial charge in [0.15, 0.2) is 0 Å². The van der Waals surface area contributed by atoms with Crippen molar-refractivity contribution < 1.29 is 13.2 Å². The number of amides is 1. The zero-order chi connectivity index (χ0) is 19.3. The van der Waals surface area contributed by atoms with Crippen LogP contribution in [0, 0.1) is 0 Å². The molecule has 2 aromatic rings. The number of carbonyl (C=O) groups excluding carboxylic acids is 1. The fourth-order valence-corrected chi connectivity index (χ4v) is 4.69. The molecule has 0 spiro atoms. The van der Waals surface area contributed by atoms with Crippen LogP contribution in [0.25, 0.3) is 0 Å². The quantitative estimate of drug-likeness (QED) is 0.823. The Kier molecular flexibility index (Phi) is 5.92. The van der Waals surface area contributed by atoms with Gasteiger partial charge in [-0.25, -0.2) is 12.7 Å². The molecule has 0 atom stereocenters. The Morgan fingerprint density at radius 1 is 1.15 bits per heavy atom. The maximum absolute atomic E-state index is 13.2. The number of rotatable bonds is 6. The van der Waals surface area contributed by atoms with Gasteiger partial charge < -0.3 is 5.32 Å². The molecule has 1 saturated heterocycles. The second kappa shape index (κ2) is 8.19. The maximum Gasteiger partial charge on any atom is 0.231 e. The number of nitrogens with one attached hydrogen (secondary N) is 1. The highest BCUT2D eigenvalue weighted by atomic mass is 32.2. The molecule has 27 heavy (non-hydrogen) atoms. The molecule has 1 aliphatic heterocycles. The summed E-state index contributed by atoms with van der Waals surface area (Å²) >= 11 is 0. The molecule has 7 heteroatoms. The fourth-order valence-electron chi connectivity index (χ4n) is 3.59. The minimum absolute atomic E-state index is 0.0638. The summed E-state index contributed by atoms with van der Waals surface area (Å²) in [6.45, 7) is 2.75. The molecule has 6 nitrogen and oxygen atoms in total. The fraction of sp³-hybridized carbons (Fsp3) is 0.400.